The molecular formula is C21H27FIN7O. The molecule has 2 fully saturated rings. The van der Waals surface area contributed by atoms with Crippen molar-refractivity contribution in [1.29, 1.82) is 5.26 Å². The topological polar surface area (TPSA) is 113 Å². The van der Waals surface area contributed by atoms with Crippen LogP contribution in [0.5, 0.6) is 0 Å². The van der Waals surface area contributed by atoms with E-state index in [0.717, 1.165) is 31.6 Å². The van der Waals surface area contributed by atoms with Crippen LogP contribution in [0.25, 0.3) is 5.69 Å². The lowest BCUT2D eigenvalue weighted by atomic mass is 9.96. The van der Waals surface area contributed by atoms with Crippen molar-refractivity contribution in [3.63, 3.8) is 0 Å². The summed E-state index contributed by atoms with van der Waals surface area (Å²) in [7, 11) is 1.75. The SMILES string of the molecule is CN=C(NCCCc1nn(-c2ccc(F)cc2)c(N)c1C#N)NC1CC2CCC1O2.I. The first-order valence-corrected chi connectivity index (χ1v) is 10.2. The molecule has 2 aromatic rings. The number of hydrogen-bond acceptors (Lipinski definition) is 5. The third-order valence-corrected chi connectivity index (χ3v) is 5.71. The number of guanidine groups is 1. The van der Waals surface area contributed by atoms with Gasteiger partial charge in [0.1, 0.15) is 23.3 Å². The molecule has 2 aliphatic heterocycles. The van der Waals surface area contributed by atoms with Gasteiger partial charge in [-0.05, 0) is 56.4 Å². The highest BCUT2D eigenvalue weighted by Gasteiger charge is 2.41. The van der Waals surface area contributed by atoms with E-state index in [2.05, 4.69) is 26.8 Å². The molecule has 8 nitrogen and oxygen atoms in total. The number of aliphatic imine (C=N–C) groups is 1. The van der Waals surface area contributed by atoms with Crippen LogP contribution < -0.4 is 16.4 Å². The number of rotatable bonds is 6. The summed E-state index contributed by atoms with van der Waals surface area (Å²) >= 11 is 0. The highest BCUT2D eigenvalue weighted by atomic mass is 127. The number of nitriles is 1. The Bertz CT molecular complexity index is 969. The maximum Gasteiger partial charge on any atom is 0.191 e. The third-order valence-electron chi connectivity index (χ3n) is 5.71. The van der Waals surface area contributed by atoms with Gasteiger partial charge < -0.3 is 21.1 Å². The zero-order valence-corrected chi connectivity index (χ0v) is 19.7. The van der Waals surface area contributed by atoms with Gasteiger partial charge in [0, 0.05) is 13.6 Å². The molecule has 0 saturated carbocycles. The van der Waals surface area contributed by atoms with E-state index < -0.39 is 0 Å². The standard InChI is InChI=1S/C21H26FN7O.HI/c1-25-21(27-18-11-15-8-9-19(18)30-15)26-10-2-3-17-16(12-23)20(24)29(28-17)14-6-4-13(22)5-7-14;/h4-7,15,18-19H,2-3,8-11,24H2,1H3,(H2,25,26,27);1H. The van der Waals surface area contributed by atoms with Crippen molar-refractivity contribution in [1.82, 2.24) is 20.4 Å². The fourth-order valence-corrected chi connectivity index (χ4v) is 4.18. The Hall–Kier alpha value is -2.39. The van der Waals surface area contributed by atoms with Crippen LogP contribution in [-0.4, -0.2) is 47.6 Å². The van der Waals surface area contributed by atoms with E-state index in [1.165, 1.54) is 16.8 Å². The van der Waals surface area contributed by atoms with Crippen molar-refractivity contribution in [2.75, 3.05) is 19.3 Å². The summed E-state index contributed by atoms with van der Waals surface area (Å²) < 4.78 is 20.5. The molecule has 0 aliphatic carbocycles. The van der Waals surface area contributed by atoms with Gasteiger partial charge in [0.2, 0.25) is 0 Å². The summed E-state index contributed by atoms with van der Waals surface area (Å²) in [6.45, 7) is 0.676. The minimum Gasteiger partial charge on any atom is -0.382 e. The minimum absolute atomic E-state index is 0. The van der Waals surface area contributed by atoms with Gasteiger partial charge in [-0.3, -0.25) is 4.99 Å². The summed E-state index contributed by atoms with van der Waals surface area (Å²) in [6.07, 6.45) is 5.29. The van der Waals surface area contributed by atoms with Crippen molar-refractivity contribution in [2.24, 2.45) is 4.99 Å². The van der Waals surface area contributed by atoms with Crippen LogP contribution in [0.3, 0.4) is 0 Å². The third kappa shape index (κ3) is 5.10. The van der Waals surface area contributed by atoms with Crippen LogP contribution in [0.4, 0.5) is 10.2 Å². The number of fused-ring (bicyclic) bond motifs is 2. The molecule has 166 valence electrons. The van der Waals surface area contributed by atoms with Gasteiger partial charge in [-0.25, -0.2) is 9.07 Å². The molecule has 0 spiro atoms. The smallest absolute Gasteiger partial charge is 0.191 e. The first-order valence-electron chi connectivity index (χ1n) is 10.2. The molecular weight excluding hydrogens is 512 g/mol. The second kappa shape index (κ2) is 10.3. The zero-order chi connectivity index (χ0) is 21.1. The molecule has 1 aromatic carbocycles. The molecule has 4 rings (SSSR count). The van der Waals surface area contributed by atoms with Gasteiger partial charge in [0.25, 0.3) is 0 Å². The van der Waals surface area contributed by atoms with Crippen molar-refractivity contribution in [3.05, 3.63) is 41.3 Å². The molecule has 31 heavy (non-hydrogen) atoms. The van der Waals surface area contributed by atoms with Crippen LogP contribution in [0.15, 0.2) is 29.3 Å². The maximum atomic E-state index is 13.2. The normalized spacial score (nSPS) is 22.1. The zero-order valence-electron chi connectivity index (χ0n) is 17.3. The van der Waals surface area contributed by atoms with Crippen molar-refractivity contribution < 1.29 is 9.13 Å². The second-order valence-electron chi connectivity index (χ2n) is 7.67. The van der Waals surface area contributed by atoms with Crippen LogP contribution in [0, 0.1) is 17.1 Å². The number of halogens is 2. The number of aryl methyl sites for hydroxylation is 1. The van der Waals surface area contributed by atoms with Gasteiger partial charge in [-0.1, -0.05) is 0 Å². The monoisotopic (exact) mass is 539 g/mol. The van der Waals surface area contributed by atoms with Crippen molar-refractivity contribution in [2.45, 2.75) is 50.4 Å². The minimum atomic E-state index is -0.338. The Labute approximate surface area is 198 Å². The van der Waals surface area contributed by atoms with Crippen molar-refractivity contribution in [3.8, 4) is 11.8 Å². The van der Waals surface area contributed by atoms with E-state index in [-0.39, 0.29) is 41.7 Å². The van der Waals surface area contributed by atoms with Crippen molar-refractivity contribution >= 4 is 35.8 Å². The van der Waals surface area contributed by atoms with Crippen LogP contribution in [0.2, 0.25) is 0 Å². The van der Waals surface area contributed by atoms with Gasteiger partial charge in [0.05, 0.1) is 29.6 Å². The Balaban J connectivity index is 0.00000272. The molecule has 1 aromatic heterocycles. The summed E-state index contributed by atoms with van der Waals surface area (Å²) in [5, 5.41) is 20.7. The van der Waals surface area contributed by atoms with Crippen LogP contribution in [0.1, 0.15) is 36.9 Å². The molecule has 3 unspecified atom stereocenters. The van der Waals surface area contributed by atoms with E-state index >= 15 is 0 Å². The predicted molar refractivity (Wildman–Crippen MR) is 127 cm³/mol. The van der Waals surface area contributed by atoms with Gasteiger partial charge >= 0.3 is 0 Å². The highest BCUT2D eigenvalue weighted by molar-refractivity contribution is 14.0. The van der Waals surface area contributed by atoms with Gasteiger partial charge in [0.15, 0.2) is 5.96 Å². The predicted octanol–water partition coefficient (Wildman–Crippen LogP) is 2.50. The summed E-state index contributed by atoms with van der Waals surface area (Å²) in [5.74, 6) is 0.684. The van der Waals surface area contributed by atoms with E-state index in [1.807, 2.05) is 0 Å². The number of nitrogens with two attached hydrogens (primary N) is 1. The number of benzene rings is 1. The number of ether oxygens (including phenoxy) is 1. The average Bonchev–Trinajstić information content (AvgIpc) is 3.45. The lowest BCUT2D eigenvalue weighted by Crippen LogP contribution is -2.47. The van der Waals surface area contributed by atoms with Gasteiger partial charge in [-0.15, -0.1) is 24.0 Å². The fraction of sp³-hybridized carbons (Fsp3) is 0.476. The first-order chi connectivity index (χ1) is 14.6. The van der Waals surface area contributed by atoms with E-state index in [4.69, 9.17) is 10.5 Å². The summed E-state index contributed by atoms with van der Waals surface area (Å²) in [5.41, 5.74) is 7.72. The molecule has 2 aliphatic rings. The molecule has 4 N–H and O–H groups in total. The molecule has 2 bridgehead atoms. The lowest BCUT2D eigenvalue weighted by Gasteiger charge is -2.22. The number of nitrogens with zero attached hydrogens (tertiary/aromatic N) is 4. The number of aromatic nitrogens is 2. The number of nitrogen functional groups attached to an aromatic ring is 1. The molecule has 3 heterocycles. The van der Waals surface area contributed by atoms with Crippen LogP contribution in [-0.2, 0) is 11.2 Å². The molecule has 2 saturated heterocycles. The Morgan fingerprint density at radius 2 is 2.16 bits per heavy atom. The Morgan fingerprint density at radius 3 is 2.77 bits per heavy atom. The van der Waals surface area contributed by atoms with E-state index in [9.17, 15) is 9.65 Å². The van der Waals surface area contributed by atoms with Crippen LogP contribution >= 0.6 is 24.0 Å². The second-order valence-corrected chi connectivity index (χ2v) is 7.67. The Morgan fingerprint density at radius 1 is 1.39 bits per heavy atom. The summed E-state index contributed by atoms with van der Waals surface area (Å²) in [6, 6.07) is 8.29. The average molecular weight is 539 g/mol. The molecule has 0 radical (unpaired) electrons. The number of hydrogen-bond donors (Lipinski definition) is 3. The first kappa shape index (κ1) is 23.3. The molecule has 10 heteroatoms. The Kier molecular flexibility index (Phi) is 7.72. The summed E-state index contributed by atoms with van der Waals surface area (Å²) in [4.78, 5) is 4.29. The number of nitrogens with one attached hydrogen (secondary N) is 2. The van der Waals surface area contributed by atoms with Gasteiger partial charge in [-0.2, -0.15) is 10.4 Å². The molecule has 3 atom stereocenters. The fourth-order valence-electron chi connectivity index (χ4n) is 4.18. The van der Waals surface area contributed by atoms with E-state index in [0.29, 0.717) is 42.1 Å². The molecule has 0 amide bonds. The lowest BCUT2D eigenvalue weighted by molar-refractivity contribution is 0.0992. The largest absolute Gasteiger partial charge is 0.382 e. The number of anilines is 1. The quantitative estimate of drug-likeness (QED) is 0.225. The highest BCUT2D eigenvalue weighted by Crippen LogP contribution is 2.34. The van der Waals surface area contributed by atoms with E-state index in [1.54, 1.807) is 19.2 Å². The maximum absolute atomic E-state index is 13.2.